The first-order valence-corrected chi connectivity index (χ1v) is 11.3. The van der Waals surface area contributed by atoms with E-state index in [-0.39, 0.29) is 12.2 Å². The van der Waals surface area contributed by atoms with Crippen LogP contribution in [0.5, 0.6) is 17.2 Å². The summed E-state index contributed by atoms with van der Waals surface area (Å²) < 4.78 is 12.0. The smallest absolute Gasteiger partial charge is 0.336 e. The van der Waals surface area contributed by atoms with E-state index in [4.69, 9.17) is 30.0 Å². The lowest BCUT2D eigenvalue weighted by Gasteiger charge is -2.30. The summed E-state index contributed by atoms with van der Waals surface area (Å²) in [5.74, 6) is 0.0561. The fraction of sp³-hybridized carbons (Fsp3) is 0.185. The summed E-state index contributed by atoms with van der Waals surface area (Å²) in [4.78, 5) is 28.5. The molecule has 4 aromatic rings. The van der Waals surface area contributed by atoms with Gasteiger partial charge in [-0.05, 0) is 30.7 Å². The van der Waals surface area contributed by atoms with Crippen molar-refractivity contribution in [1.29, 1.82) is 0 Å². The van der Waals surface area contributed by atoms with Crippen molar-refractivity contribution in [1.82, 2.24) is 4.98 Å². The highest BCUT2D eigenvalue weighted by Crippen LogP contribution is 2.49. The van der Waals surface area contributed by atoms with Crippen LogP contribution in [0.4, 0.5) is 5.69 Å². The Morgan fingerprint density at radius 2 is 1.86 bits per heavy atom. The molecule has 0 amide bonds. The summed E-state index contributed by atoms with van der Waals surface area (Å²) in [5.41, 5.74) is 10.7. The van der Waals surface area contributed by atoms with Gasteiger partial charge in [-0.15, -0.1) is 0 Å². The number of anilines is 1. The lowest BCUT2D eigenvalue weighted by Crippen LogP contribution is -2.23. The van der Waals surface area contributed by atoms with E-state index in [0.717, 1.165) is 11.1 Å². The fourth-order valence-corrected chi connectivity index (χ4v) is 4.94. The number of nitrogens with two attached hydrogens (primary N) is 1. The molecule has 0 fully saturated rings. The highest BCUT2D eigenvalue weighted by molar-refractivity contribution is 6.08. The average Bonchev–Trinajstić information content (AvgIpc) is 2.87. The molecule has 0 saturated heterocycles. The van der Waals surface area contributed by atoms with Gasteiger partial charge >= 0.3 is 5.97 Å². The number of fused-ring (bicyclic) bond motifs is 3. The van der Waals surface area contributed by atoms with Gasteiger partial charge < -0.3 is 25.2 Å². The molecular weight excluding hydrogens is 448 g/mol. The molecular formula is C27H22N2O6. The van der Waals surface area contributed by atoms with Crippen LogP contribution in [-0.4, -0.2) is 35.9 Å². The Kier molecular flexibility index (Phi) is 4.96. The second kappa shape index (κ2) is 8.18. The third-order valence-electron chi connectivity index (χ3n) is 6.46. The summed E-state index contributed by atoms with van der Waals surface area (Å²) in [6, 6.07) is 16.6. The molecule has 0 radical (unpaired) electrons. The molecule has 1 atom stereocenters. The molecule has 3 aromatic carbocycles. The maximum atomic E-state index is 12.7. The molecule has 35 heavy (non-hydrogen) atoms. The van der Waals surface area contributed by atoms with E-state index in [1.54, 1.807) is 25.1 Å². The molecule has 2 aliphatic rings. The maximum Gasteiger partial charge on any atom is 0.336 e. The highest BCUT2D eigenvalue weighted by Gasteiger charge is 2.35. The van der Waals surface area contributed by atoms with Gasteiger partial charge in [-0.1, -0.05) is 30.3 Å². The Bertz CT molecular complexity index is 1490. The third-order valence-corrected chi connectivity index (χ3v) is 6.46. The van der Waals surface area contributed by atoms with Crippen LogP contribution in [0.25, 0.3) is 22.2 Å². The van der Waals surface area contributed by atoms with Crippen LogP contribution in [0.15, 0.2) is 54.6 Å². The fourth-order valence-electron chi connectivity index (χ4n) is 4.94. The zero-order valence-corrected chi connectivity index (χ0v) is 18.9. The minimum Gasteiger partial charge on any atom is -0.486 e. The summed E-state index contributed by atoms with van der Waals surface area (Å²) in [6.45, 7) is 2.65. The predicted molar refractivity (Wildman–Crippen MR) is 129 cm³/mol. The van der Waals surface area contributed by atoms with E-state index < -0.39 is 11.9 Å². The molecule has 0 saturated carbocycles. The molecule has 3 heterocycles. The van der Waals surface area contributed by atoms with Crippen molar-refractivity contribution in [2.45, 2.75) is 12.8 Å². The summed E-state index contributed by atoms with van der Waals surface area (Å²) in [6.07, 6.45) is 0. The molecule has 3 N–H and O–H groups in total. The van der Waals surface area contributed by atoms with Gasteiger partial charge in [0.1, 0.15) is 19.8 Å². The zero-order valence-electron chi connectivity index (χ0n) is 18.9. The lowest BCUT2D eigenvalue weighted by atomic mass is 9.84. The summed E-state index contributed by atoms with van der Waals surface area (Å²) >= 11 is 0. The first-order chi connectivity index (χ1) is 17.0. The average molecular weight is 470 g/mol. The standard InChI is InChI=1S/C27H22N2O6/c1-14-22(27(30)31)24-19(29-25(14)15-5-3-2-4-6-15)12-21-26(33-10-9-32-21)23(24)18-13-34-35-20-8-7-16(28)11-17(18)20/h2-8,11-12,18H,9-10,13,28H2,1H3,(H,30,31). The third kappa shape index (κ3) is 3.41. The van der Waals surface area contributed by atoms with Gasteiger partial charge in [-0.3, -0.25) is 0 Å². The van der Waals surface area contributed by atoms with Crippen LogP contribution < -0.4 is 20.1 Å². The first kappa shape index (κ1) is 21.2. The van der Waals surface area contributed by atoms with E-state index >= 15 is 0 Å². The Morgan fingerprint density at radius 3 is 2.66 bits per heavy atom. The number of nitrogens with zero attached hydrogens (tertiary/aromatic N) is 1. The minimum atomic E-state index is -1.05. The number of carbonyl (C=O) groups is 1. The molecule has 1 unspecified atom stereocenters. The second-order valence-electron chi connectivity index (χ2n) is 8.56. The number of ether oxygens (including phenoxy) is 2. The SMILES string of the molecule is Cc1c(-c2ccccc2)nc2cc3c(c(C4COOc5ccc(N)cc54)c2c1C(=O)O)OCCO3. The van der Waals surface area contributed by atoms with Gasteiger partial charge in [0, 0.05) is 39.7 Å². The van der Waals surface area contributed by atoms with Crippen LogP contribution in [0.2, 0.25) is 0 Å². The van der Waals surface area contributed by atoms with Crippen molar-refractivity contribution in [2.75, 3.05) is 25.6 Å². The Balaban J connectivity index is 1.73. The number of pyridine rings is 1. The van der Waals surface area contributed by atoms with Crippen LogP contribution >= 0.6 is 0 Å². The predicted octanol–water partition coefficient (Wildman–Crippen LogP) is 4.72. The van der Waals surface area contributed by atoms with Crippen molar-refractivity contribution >= 4 is 22.6 Å². The van der Waals surface area contributed by atoms with E-state index in [1.807, 2.05) is 36.4 Å². The number of aromatic nitrogens is 1. The molecule has 0 bridgehead atoms. The Morgan fingerprint density at radius 1 is 1.06 bits per heavy atom. The number of carboxylic acids is 1. The molecule has 0 spiro atoms. The number of aromatic carboxylic acids is 1. The number of hydrogen-bond acceptors (Lipinski definition) is 7. The Hall–Kier alpha value is -4.30. The molecule has 8 heteroatoms. The largest absolute Gasteiger partial charge is 0.486 e. The number of hydrogen-bond donors (Lipinski definition) is 2. The van der Waals surface area contributed by atoms with Crippen molar-refractivity contribution in [2.24, 2.45) is 0 Å². The molecule has 6 rings (SSSR count). The normalized spacial score (nSPS) is 16.4. The van der Waals surface area contributed by atoms with Gasteiger partial charge in [0.05, 0.1) is 16.8 Å². The number of rotatable bonds is 3. The van der Waals surface area contributed by atoms with Crippen LogP contribution in [0.3, 0.4) is 0 Å². The van der Waals surface area contributed by atoms with E-state index in [0.29, 0.717) is 63.9 Å². The van der Waals surface area contributed by atoms with E-state index in [1.165, 1.54) is 0 Å². The first-order valence-electron chi connectivity index (χ1n) is 11.3. The molecule has 8 nitrogen and oxygen atoms in total. The van der Waals surface area contributed by atoms with Gasteiger partial charge in [-0.25, -0.2) is 9.78 Å². The van der Waals surface area contributed by atoms with Crippen LogP contribution in [-0.2, 0) is 4.89 Å². The zero-order chi connectivity index (χ0) is 24.1. The van der Waals surface area contributed by atoms with Gasteiger partial charge in [0.15, 0.2) is 17.2 Å². The van der Waals surface area contributed by atoms with Crippen molar-refractivity contribution in [3.8, 4) is 28.5 Å². The van der Waals surface area contributed by atoms with Crippen LogP contribution in [0.1, 0.15) is 33.0 Å². The van der Waals surface area contributed by atoms with E-state index in [2.05, 4.69) is 0 Å². The number of nitrogen functional groups attached to an aromatic ring is 1. The number of benzene rings is 3. The molecule has 2 aliphatic heterocycles. The van der Waals surface area contributed by atoms with E-state index in [9.17, 15) is 9.90 Å². The minimum absolute atomic E-state index is 0.143. The van der Waals surface area contributed by atoms with Crippen LogP contribution in [0, 0.1) is 6.92 Å². The molecule has 1 aromatic heterocycles. The topological polar surface area (TPSA) is 113 Å². The second-order valence-corrected chi connectivity index (χ2v) is 8.56. The number of carboxylic acid groups (broad SMARTS) is 1. The van der Waals surface area contributed by atoms with Gasteiger partial charge in [-0.2, -0.15) is 4.89 Å². The quantitative estimate of drug-likeness (QED) is 0.327. The van der Waals surface area contributed by atoms with Crippen molar-refractivity contribution < 1.29 is 29.1 Å². The summed E-state index contributed by atoms with van der Waals surface area (Å²) in [7, 11) is 0. The van der Waals surface area contributed by atoms with Crippen molar-refractivity contribution in [3.05, 3.63) is 76.9 Å². The van der Waals surface area contributed by atoms with Gasteiger partial charge in [0.25, 0.3) is 0 Å². The molecule has 176 valence electrons. The highest BCUT2D eigenvalue weighted by atomic mass is 17.2. The lowest BCUT2D eigenvalue weighted by molar-refractivity contribution is -0.219. The van der Waals surface area contributed by atoms with Crippen molar-refractivity contribution in [3.63, 3.8) is 0 Å². The molecule has 0 aliphatic carbocycles. The monoisotopic (exact) mass is 470 g/mol. The Labute approximate surface area is 200 Å². The summed E-state index contributed by atoms with van der Waals surface area (Å²) in [5, 5.41) is 10.9. The maximum absolute atomic E-state index is 12.7. The van der Waals surface area contributed by atoms with Gasteiger partial charge in [0.2, 0.25) is 0 Å².